The normalized spacial score (nSPS) is 24.1. The number of unbranched alkanes of at least 4 members (excludes halogenated alkanes) is 1. The Kier molecular flexibility index (Phi) is 9.61. The summed E-state index contributed by atoms with van der Waals surface area (Å²) in [5.74, 6) is 0.161. The standard InChI is InChI=1S/C35H37ClIN3O6/c1-35(2)18-28(30-31-32(46-31)33(35)40(30)37)45-34(43)39-25-15-20(13-14-23(25)21-10-5-4-6-11-21)9-7-8-12-29(42)38-26-17-27(44-3)22(19-41)16-24(26)36/h4-6,10-11,13-17,19,28,30-33H,7-9,12,18H2,1-3H3,(H,38,42)(H,39,43). The van der Waals surface area contributed by atoms with Crippen LogP contribution < -0.4 is 15.4 Å². The van der Waals surface area contributed by atoms with Crippen LogP contribution in [0.2, 0.25) is 5.02 Å². The Labute approximate surface area is 287 Å². The molecule has 3 saturated heterocycles. The minimum Gasteiger partial charge on any atom is -0.496 e. The number of anilines is 2. The Morgan fingerprint density at radius 2 is 1.85 bits per heavy atom. The molecule has 46 heavy (non-hydrogen) atoms. The van der Waals surface area contributed by atoms with Gasteiger partial charge in [-0.3, -0.25) is 14.9 Å². The molecule has 5 unspecified atom stereocenters. The van der Waals surface area contributed by atoms with Gasteiger partial charge >= 0.3 is 6.09 Å². The molecule has 2 N–H and O–H groups in total. The van der Waals surface area contributed by atoms with Crippen LogP contribution in [-0.4, -0.2) is 58.9 Å². The number of halogens is 2. The number of hydrogen-bond donors (Lipinski definition) is 2. The molecule has 0 saturated carbocycles. The van der Waals surface area contributed by atoms with E-state index in [-0.39, 0.29) is 40.7 Å². The number of ether oxygens (including phenoxy) is 3. The SMILES string of the molecule is COc1cc(NC(=O)CCCCc2ccc(-c3ccccc3)c(NC(=O)OC3CC(C)(C)C4C5OC5C3N4I)c2)c(Cl)cc1C=O. The highest BCUT2D eigenvalue weighted by molar-refractivity contribution is 14.1. The van der Waals surface area contributed by atoms with Gasteiger partial charge in [0.05, 0.1) is 41.2 Å². The molecule has 3 aliphatic heterocycles. The van der Waals surface area contributed by atoms with Gasteiger partial charge in [-0.2, -0.15) is 0 Å². The summed E-state index contributed by atoms with van der Waals surface area (Å²) >= 11 is 8.62. The number of fused-ring (bicyclic) bond motifs is 5. The van der Waals surface area contributed by atoms with Crippen molar-refractivity contribution in [2.45, 2.75) is 76.3 Å². The Hall–Kier alpha value is -3.19. The maximum atomic E-state index is 13.4. The van der Waals surface area contributed by atoms with Crippen molar-refractivity contribution < 1.29 is 28.6 Å². The highest BCUT2D eigenvalue weighted by atomic mass is 127. The van der Waals surface area contributed by atoms with Crippen LogP contribution in [0.15, 0.2) is 60.7 Å². The van der Waals surface area contributed by atoms with E-state index in [1.54, 1.807) is 6.07 Å². The molecule has 3 heterocycles. The largest absolute Gasteiger partial charge is 0.496 e. The average molecular weight is 758 g/mol. The summed E-state index contributed by atoms with van der Waals surface area (Å²) in [6.45, 7) is 4.44. The number of piperidine rings is 1. The van der Waals surface area contributed by atoms with E-state index in [4.69, 9.17) is 25.8 Å². The van der Waals surface area contributed by atoms with Crippen LogP contribution in [0.1, 0.15) is 55.5 Å². The summed E-state index contributed by atoms with van der Waals surface area (Å²) in [6.07, 6.45) is 3.46. The lowest BCUT2D eigenvalue weighted by Crippen LogP contribution is -2.56. The molecule has 242 valence electrons. The van der Waals surface area contributed by atoms with Gasteiger partial charge in [0.1, 0.15) is 24.1 Å². The Balaban J connectivity index is 1.09. The molecule has 9 nitrogen and oxygen atoms in total. The number of nitrogens with zero attached hydrogens (tertiary/aromatic N) is 1. The van der Waals surface area contributed by atoms with Gasteiger partial charge in [-0.15, -0.1) is 0 Å². The monoisotopic (exact) mass is 757 g/mol. The van der Waals surface area contributed by atoms with Crippen LogP contribution in [0, 0.1) is 5.41 Å². The van der Waals surface area contributed by atoms with Crippen molar-refractivity contribution in [2.75, 3.05) is 17.7 Å². The summed E-state index contributed by atoms with van der Waals surface area (Å²) < 4.78 is 19.6. The number of carbonyl (C=O) groups is 3. The van der Waals surface area contributed by atoms with E-state index in [9.17, 15) is 14.4 Å². The first-order valence-electron chi connectivity index (χ1n) is 15.5. The molecular formula is C35H37ClIN3O6. The van der Waals surface area contributed by atoms with Crippen LogP contribution >= 0.6 is 34.5 Å². The molecule has 3 aromatic carbocycles. The van der Waals surface area contributed by atoms with Crippen LogP contribution in [0.4, 0.5) is 16.2 Å². The van der Waals surface area contributed by atoms with Crippen LogP contribution in [-0.2, 0) is 20.7 Å². The number of nitrogens with one attached hydrogen (secondary N) is 2. The Bertz CT molecular complexity index is 1640. The first kappa shape index (κ1) is 32.7. The molecule has 2 bridgehead atoms. The fourth-order valence-electron chi connectivity index (χ4n) is 6.91. The molecule has 3 fully saturated rings. The summed E-state index contributed by atoms with van der Waals surface area (Å²) in [4.78, 5) is 37.3. The number of amides is 2. The minimum atomic E-state index is -0.476. The number of carbonyl (C=O) groups excluding carboxylic acids is 3. The predicted molar refractivity (Wildman–Crippen MR) is 186 cm³/mol. The van der Waals surface area contributed by atoms with E-state index in [1.165, 1.54) is 13.2 Å². The minimum absolute atomic E-state index is 0.0370. The number of rotatable bonds is 11. The molecule has 3 aliphatic rings. The van der Waals surface area contributed by atoms with Gasteiger partial charge < -0.3 is 19.5 Å². The first-order chi connectivity index (χ1) is 22.1. The highest BCUT2D eigenvalue weighted by Crippen LogP contribution is 2.57. The van der Waals surface area contributed by atoms with Crippen molar-refractivity contribution in [3.63, 3.8) is 0 Å². The van der Waals surface area contributed by atoms with E-state index in [0.29, 0.717) is 47.9 Å². The van der Waals surface area contributed by atoms with Crippen molar-refractivity contribution >= 4 is 64.1 Å². The molecule has 0 aromatic heterocycles. The number of benzene rings is 3. The summed E-state index contributed by atoms with van der Waals surface area (Å²) in [7, 11) is 1.45. The third kappa shape index (κ3) is 6.76. The van der Waals surface area contributed by atoms with Gasteiger partial charge in [0.2, 0.25) is 5.91 Å². The predicted octanol–water partition coefficient (Wildman–Crippen LogP) is 7.70. The van der Waals surface area contributed by atoms with Gasteiger partial charge in [0, 0.05) is 40.9 Å². The fourth-order valence-corrected chi connectivity index (χ4v) is 8.88. The van der Waals surface area contributed by atoms with Gasteiger partial charge in [-0.1, -0.05) is 67.9 Å². The van der Waals surface area contributed by atoms with Gasteiger partial charge in [-0.25, -0.2) is 7.91 Å². The molecular weight excluding hydrogens is 721 g/mol. The van der Waals surface area contributed by atoms with Crippen LogP contribution in [0.3, 0.4) is 0 Å². The molecule has 5 atom stereocenters. The van der Waals surface area contributed by atoms with E-state index < -0.39 is 6.09 Å². The molecule has 11 heteroatoms. The summed E-state index contributed by atoms with van der Waals surface area (Å²) in [6, 6.07) is 19.4. The number of morpholine rings is 1. The molecule has 3 aromatic rings. The zero-order valence-electron chi connectivity index (χ0n) is 25.9. The lowest BCUT2D eigenvalue weighted by atomic mass is 9.77. The molecule has 0 spiro atoms. The second-order valence-corrected chi connectivity index (χ2v) is 14.3. The number of epoxide rings is 1. The van der Waals surface area contributed by atoms with Gasteiger partial charge in [0.25, 0.3) is 0 Å². The molecule has 0 radical (unpaired) electrons. The van der Waals surface area contributed by atoms with Crippen molar-refractivity contribution in [1.29, 1.82) is 0 Å². The van der Waals surface area contributed by atoms with E-state index in [1.807, 2.05) is 42.5 Å². The number of hydrogen-bond acceptors (Lipinski definition) is 7. The van der Waals surface area contributed by atoms with Crippen molar-refractivity contribution in [1.82, 2.24) is 3.11 Å². The van der Waals surface area contributed by atoms with E-state index in [0.717, 1.165) is 36.0 Å². The van der Waals surface area contributed by atoms with Gasteiger partial charge in [-0.05, 0) is 54.4 Å². The van der Waals surface area contributed by atoms with Crippen LogP contribution in [0.5, 0.6) is 5.75 Å². The zero-order valence-corrected chi connectivity index (χ0v) is 28.8. The maximum Gasteiger partial charge on any atom is 0.411 e. The quantitative estimate of drug-likeness (QED) is 0.0679. The maximum absolute atomic E-state index is 13.4. The Morgan fingerprint density at radius 1 is 1.07 bits per heavy atom. The lowest BCUT2D eigenvalue weighted by molar-refractivity contribution is -0.116. The van der Waals surface area contributed by atoms with Crippen molar-refractivity contribution in [3.8, 4) is 16.9 Å². The topological polar surface area (TPSA) is 110 Å². The van der Waals surface area contributed by atoms with E-state index >= 15 is 0 Å². The summed E-state index contributed by atoms with van der Waals surface area (Å²) in [5, 5.41) is 6.13. The van der Waals surface area contributed by atoms with E-state index in [2.05, 4.69) is 56.5 Å². The van der Waals surface area contributed by atoms with Crippen LogP contribution in [0.25, 0.3) is 11.1 Å². The second kappa shape index (κ2) is 13.5. The Morgan fingerprint density at radius 3 is 2.59 bits per heavy atom. The third-order valence-electron chi connectivity index (χ3n) is 9.17. The fraction of sp³-hybridized carbons (Fsp3) is 0.400. The zero-order chi connectivity index (χ0) is 32.6. The molecule has 0 aliphatic carbocycles. The number of methoxy groups -OCH3 is 1. The van der Waals surface area contributed by atoms with Crippen molar-refractivity contribution in [2.24, 2.45) is 5.41 Å². The highest BCUT2D eigenvalue weighted by Gasteiger charge is 2.70. The second-order valence-electron chi connectivity index (χ2n) is 12.8. The average Bonchev–Trinajstić information content (AvgIpc) is 3.73. The smallest absolute Gasteiger partial charge is 0.411 e. The third-order valence-corrected chi connectivity index (χ3v) is 10.7. The number of aldehydes is 1. The molecule has 2 amide bonds. The van der Waals surface area contributed by atoms with Crippen molar-refractivity contribution in [3.05, 3.63) is 76.8 Å². The van der Waals surface area contributed by atoms with Gasteiger partial charge in [0.15, 0.2) is 6.29 Å². The lowest BCUT2D eigenvalue weighted by Gasteiger charge is -2.46. The summed E-state index contributed by atoms with van der Waals surface area (Å²) in [5.41, 5.74) is 4.28. The first-order valence-corrected chi connectivity index (χ1v) is 16.8. The number of aryl methyl sites for hydroxylation is 1. The molecule has 6 rings (SSSR count).